The van der Waals surface area contributed by atoms with E-state index in [9.17, 15) is 9.59 Å². The first-order valence-corrected chi connectivity index (χ1v) is 12.0. The summed E-state index contributed by atoms with van der Waals surface area (Å²) in [4.78, 5) is 32.4. The highest BCUT2D eigenvalue weighted by Gasteiger charge is 2.18. The Hall–Kier alpha value is -3.39. The molecule has 8 heteroatoms. The summed E-state index contributed by atoms with van der Waals surface area (Å²) < 4.78 is 1.86. The van der Waals surface area contributed by atoms with Crippen LogP contribution in [-0.2, 0) is 16.0 Å². The minimum absolute atomic E-state index is 0.00133. The molecule has 0 spiro atoms. The van der Waals surface area contributed by atoms with Crippen LogP contribution in [0.15, 0.2) is 53.4 Å². The number of fused-ring (bicyclic) bond motifs is 3. The molecular weight excluding hydrogens is 434 g/mol. The normalized spacial score (nSPS) is 11.2. The van der Waals surface area contributed by atoms with E-state index in [0.29, 0.717) is 12.8 Å². The third-order valence-corrected chi connectivity index (χ3v) is 6.59. The number of rotatable bonds is 7. The van der Waals surface area contributed by atoms with E-state index in [1.807, 2.05) is 73.1 Å². The Balaban J connectivity index is 1.42. The van der Waals surface area contributed by atoms with Gasteiger partial charge in [0.25, 0.3) is 0 Å². The number of benzene rings is 2. The Labute approximate surface area is 197 Å². The largest absolute Gasteiger partial charge is 0.336 e. The summed E-state index contributed by atoms with van der Waals surface area (Å²) in [5.74, 6) is -0.307. The zero-order chi connectivity index (χ0) is 23.5. The molecule has 2 aromatic carbocycles. The second kappa shape index (κ2) is 9.62. The van der Waals surface area contributed by atoms with Crippen LogP contribution in [0.3, 0.4) is 0 Å². The molecule has 2 heterocycles. The number of para-hydroxylation sites is 1. The highest BCUT2D eigenvalue weighted by molar-refractivity contribution is 7.98. The molecular formula is C25H27N5O2S. The summed E-state index contributed by atoms with van der Waals surface area (Å²) >= 11 is 1.56. The van der Waals surface area contributed by atoms with Gasteiger partial charge in [0.2, 0.25) is 11.8 Å². The van der Waals surface area contributed by atoms with Gasteiger partial charge in [-0.15, -0.1) is 11.8 Å². The van der Waals surface area contributed by atoms with Gasteiger partial charge in [-0.25, -0.2) is 9.50 Å². The highest BCUT2D eigenvalue weighted by Crippen LogP contribution is 2.25. The molecule has 7 nitrogen and oxygen atoms in total. The van der Waals surface area contributed by atoms with Crippen molar-refractivity contribution < 1.29 is 9.59 Å². The van der Waals surface area contributed by atoms with Gasteiger partial charge in [0.15, 0.2) is 5.65 Å². The smallest absolute Gasteiger partial charge is 0.244 e. The molecule has 2 aromatic heterocycles. The molecule has 4 aromatic rings. The predicted octanol–water partition coefficient (Wildman–Crippen LogP) is 4.25. The van der Waals surface area contributed by atoms with Crippen molar-refractivity contribution in [1.29, 1.82) is 0 Å². The first-order chi connectivity index (χ1) is 15.9. The molecule has 0 aliphatic rings. The third-order valence-electron chi connectivity index (χ3n) is 5.79. The number of aryl methyl sites for hydroxylation is 2. The molecule has 0 fully saturated rings. The van der Waals surface area contributed by atoms with Crippen molar-refractivity contribution in [2.24, 2.45) is 0 Å². The van der Waals surface area contributed by atoms with E-state index >= 15 is 0 Å². The minimum atomic E-state index is -0.217. The number of nitrogens with zero attached hydrogens (tertiary/aromatic N) is 4. The molecule has 0 unspecified atom stereocenters. The monoisotopic (exact) mass is 461 g/mol. The lowest BCUT2D eigenvalue weighted by Gasteiger charge is -2.18. The standard InChI is InChI=1S/C25H27N5O2S/c1-16-18(17(2)30-25(26-16)19-9-5-6-10-20(19)28-30)13-14-24(32)29(3)15-23(31)27-21-11-7-8-12-22(21)33-4/h5-12H,13-15H2,1-4H3,(H,27,31). The van der Waals surface area contributed by atoms with Gasteiger partial charge in [-0.1, -0.05) is 24.3 Å². The topological polar surface area (TPSA) is 79.6 Å². The Kier molecular flexibility index (Phi) is 6.65. The lowest BCUT2D eigenvalue weighted by Crippen LogP contribution is -2.35. The average Bonchev–Trinajstić information content (AvgIpc) is 3.17. The van der Waals surface area contributed by atoms with Gasteiger partial charge in [-0.05, 0) is 56.4 Å². The van der Waals surface area contributed by atoms with Crippen LogP contribution in [0.5, 0.6) is 0 Å². The zero-order valence-corrected chi connectivity index (χ0v) is 20.1. The van der Waals surface area contributed by atoms with Gasteiger partial charge in [0.1, 0.15) is 0 Å². The second-order valence-electron chi connectivity index (χ2n) is 8.01. The Bertz CT molecular complexity index is 1350. The highest BCUT2D eigenvalue weighted by atomic mass is 32.2. The molecule has 170 valence electrons. The summed E-state index contributed by atoms with van der Waals surface area (Å²) in [6, 6.07) is 15.6. The molecule has 1 N–H and O–H groups in total. The maximum absolute atomic E-state index is 12.8. The molecule has 0 atom stereocenters. The van der Waals surface area contributed by atoms with Crippen LogP contribution >= 0.6 is 11.8 Å². The Morgan fingerprint density at radius 3 is 2.61 bits per heavy atom. The first-order valence-electron chi connectivity index (χ1n) is 10.8. The van der Waals surface area contributed by atoms with Crippen molar-refractivity contribution in [2.45, 2.75) is 31.6 Å². The lowest BCUT2D eigenvalue weighted by atomic mass is 10.1. The molecule has 4 rings (SSSR count). The second-order valence-corrected chi connectivity index (χ2v) is 8.86. The SMILES string of the molecule is CSc1ccccc1NC(=O)CN(C)C(=O)CCc1c(C)nc2c3ccccc3nn2c1C. The average molecular weight is 462 g/mol. The molecule has 0 saturated carbocycles. The van der Waals surface area contributed by atoms with E-state index in [0.717, 1.165) is 44.1 Å². The van der Waals surface area contributed by atoms with Gasteiger partial charge < -0.3 is 10.2 Å². The van der Waals surface area contributed by atoms with Crippen LogP contribution in [-0.4, -0.2) is 51.2 Å². The lowest BCUT2D eigenvalue weighted by molar-refractivity contribution is -0.133. The van der Waals surface area contributed by atoms with Gasteiger partial charge in [-0.2, -0.15) is 5.10 Å². The number of hydrogen-bond acceptors (Lipinski definition) is 5. The summed E-state index contributed by atoms with van der Waals surface area (Å²) in [5.41, 5.74) is 5.37. The maximum atomic E-state index is 12.8. The van der Waals surface area contributed by atoms with E-state index in [-0.39, 0.29) is 18.4 Å². The molecule has 33 heavy (non-hydrogen) atoms. The molecule has 0 aliphatic heterocycles. The molecule has 2 amide bonds. The van der Waals surface area contributed by atoms with Gasteiger partial charge in [0, 0.05) is 35.1 Å². The number of hydrogen-bond donors (Lipinski definition) is 1. The molecule has 0 radical (unpaired) electrons. The summed E-state index contributed by atoms with van der Waals surface area (Å²) in [7, 11) is 1.66. The molecule has 0 saturated heterocycles. The van der Waals surface area contributed by atoms with Gasteiger partial charge >= 0.3 is 0 Å². The molecule has 0 aliphatic carbocycles. The van der Waals surface area contributed by atoms with E-state index in [4.69, 9.17) is 4.98 Å². The van der Waals surface area contributed by atoms with Crippen LogP contribution in [0.25, 0.3) is 16.6 Å². The zero-order valence-electron chi connectivity index (χ0n) is 19.3. The van der Waals surface area contributed by atoms with Crippen LogP contribution in [0.1, 0.15) is 23.4 Å². The maximum Gasteiger partial charge on any atom is 0.244 e. The fourth-order valence-electron chi connectivity index (χ4n) is 4.00. The number of carbonyl (C=O) groups excluding carboxylic acids is 2. The number of aromatic nitrogens is 3. The van der Waals surface area contributed by atoms with Crippen molar-refractivity contribution in [1.82, 2.24) is 19.5 Å². The van der Waals surface area contributed by atoms with Gasteiger partial charge in [-0.3, -0.25) is 9.59 Å². The number of anilines is 1. The van der Waals surface area contributed by atoms with Crippen molar-refractivity contribution >= 4 is 45.8 Å². The quantitative estimate of drug-likeness (QED) is 0.416. The fourth-order valence-corrected chi connectivity index (χ4v) is 4.56. The third kappa shape index (κ3) is 4.71. The van der Waals surface area contributed by atoms with Crippen LogP contribution in [0.4, 0.5) is 5.69 Å². The van der Waals surface area contributed by atoms with Crippen molar-refractivity contribution in [3.05, 3.63) is 65.5 Å². The number of likely N-dealkylation sites (N-methyl/N-ethyl adjacent to an activating group) is 1. The molecule has 0 bridgehead atoms. The van der Waals surface area contributed by atoms with Crippen molar-refractivity contribution in [3.63, 3.8) is 0 Å². The van der Waals surface area contributed by atoms with Crippen LogP contribution in [0, 0.1) is 13.8 Å². The van der Waals surface area contributed by atoms with Crippen LogP contribution < -0.4 is 5.32 Å². The number of nitrogens with one attached hydrogen (secondary N) is 1. The van der Waals surface area contributed by atoms with Crippen molar-refractivity contribution in [3.8, 4) is 0 Å². The summed E-state index contributed by atoms with van der Waals surface area (Å²) in [6.45, 7) is 3.98. The number of carbonyl (C=O) groups is 2. The van der Waals surface area contributed by atoms with E-state index < -0.39 is 0 Å². The Morgan fingerprint density at radius 1 is 1.09 bits per heavy atom. The van der Waals surface area contributed by atoms with E-state index in [1.165, 1.54) is 4.90 Å². The first kappa shape index (κ1) is 22.8. The van der Waals surface area contributed by atoms with Crippen molar-refractivity contribution in [2.75, 3.05) is 25.2 Å². The van der Waals surface area contributed by atoms with Crippen LogP contribution in [0.2, 0.25) is 0 Å². The van der Waals surface area contributed by atoms with E-state index in [2.05, 4.69) is 10.4 Å². The summed E-state index contributed by atoms with van der Waals surface area (Å²) in [5, 5.41) is 8.59. The number of thioether (sulfide) groups is 1. The predicted molar refractivity (Wildman–Crippen MR) is 133 cm³/mol. The van der Waals surface area contributed by atoms with E-state index in [1.54, 1.807) is 18.8 Å². The fraction of sp³-hybridized carbons (Fsp3) is 0.280. The number of amides is 2. The Morgan fingerprint density at radius 2 is 1.82 bits per heavy atom. The minimum Gasteiger partial charge on any atom is -0.336 e. The van der Waals surface area contributed by atoms with Gasteiger partial charge in [0.05, 0.1) is 17.7 Å². The summed E-state index contributed by atoms with van der Waals surface area (Å²) in [6.07, 6.45) is 2.79.